The van der Waals surface area contributed by atoms with E-state index in [0.717, 1.165) is 38.7 Å². The van der Waals surface area contributed by atoms with E-state index in [4.69, 9.17) is 4.42 Å². The maximum absolute atomic E-state index is 6.71. The second kappa shape index (κ2) is 9.89. The number of fused-ring (bicyclic) bond motifs is 9. The van der Waals surface area contributed by atoms with E-state index in [2.05, 4.69) is 176 Å². The monoisotopic (exact) mass is 616 g/mol. The van der Waals surface area contributed by atoms with Crippen LogP contribution in [0.5, 0.6) is 0 Å². The standard InChI is InChI=1S/C44H33BN2O/c1-44(2,3)29-25-39-42-40(26-29)47(31-22-24-33-34-23-21-28-13-7-8-16-32(28)43(34)48-41(33)27-31)38-20-12-10-18-36(38)45(42)35-17-9-11-19-37(35)46(39)30-14-5-4-6-15-30/h4-27H,1-3H3. The molecule has 2 aliphatic rings. The maximum Gasteiger partial charge on any atom is 0.252 e. The van der Waals surface area contributed by atoms with Gasteiger partial charge in [-0.3, -0.25) is 0 Å². The summed E-state index contributed by atoms with van der Waals surface area (Å²) in [6.07, 6.45) is 0. The largest absolute Gasteiger partial charge is 0.455 e. The minimum absolute atomic E-state index is 0.0628. The normalized spacial score (nSPS) is 13.6. The summed E-state index contributed by atoms with van der Waals surface area (Å²) in [5.74, 6) is 0. The average Bonchev–Trinajstić information content (AvgIpc) is 3.50. The Bertz CT molecular complexity index is 2580. The number of anilines is 6. The number of nitrogens with zero attached hydrogens (tertiary/aromatic N) is 2. The molecule has 0 N–H and O–H groups in total. The highest BCUT2D eigenvalue weighted by Crippen LogP contribution is 2.46. The first-order valence-corrected chi connectivity index (χ1v) is 16.8. The predicted molar refractivity (Wildman–Crippen MR) is 204 cm³/mol. The Hall–Kier alpha value is -5.74. The van der Waals surface area contributed by atoms with Crippen molar-refractivity contribution in [1.82, 2.24) is 0 Å². The zero-order chi connectivity index (χ0) is 32.1. The summed E-state index contributed by atoms with van der Waals surface area (Å²) in [4.78, 5) is 4.95. The van der Waals surface area contributed by atoms with Crippen molar-refractivity contribution in [3.05, 3.63) is 151 Å². The summed E-state index contributed by atoms with van der Waals surface area (Å²) in [5, 5.41) is 4.62. The first kappa shape index (κ1) is 27.4. The summed E-state index contributed by atoms with van der Waals surface area (Å²) in [6, 6.07) is 53.2. The number of benzene rings is 7. The molecule has 0 atom stereocenters. The van der Waals surface area contributed by atoms with Gasteiger partial charge in [-0.15, -0.1) is 0 Å². The topological polar surface area (TPSA) is 19.6 Å². The molecule has 0 radical (unpaired) electrons. The Balaban J connectivity index is 1.28. The van der Waals surface area contributed by atoms with Crippen molar-refractivity contribution in [3.63, 3.8) is 0 Å². The van der Waals surface area contributed by atoms with Crippen LogP contribution in [0.4, 0.5) is 34.1 Å². The van der Waals surface area contributed by atoms with E-state index in [1.165, 1.54) is 50.1 Å². The third-order valence-corrected chi connectivity index (χ3v) is 10.4. The molecule has 10 rings (SSSR count). The number of hydrogen-bond donors (Lipinski definition) is 0. The maximum atomic E-state index is 6.71. The van der Waals surface area contributed by atoms with E-state index in [1.807, 2.05) is 0 Å². The molecular formula is C44H33BN2O. The van der Waals surface area contributed by atoms with Crippen LogP contribution < -0.4 is 26.2 Å². The molecule has 0 aliphatic carbocycles. The zero-order valence-corrected chi connectivity index (χ0v) is 27.2. The van der Waals surface area contributed by atoms with Crippen LogP contribution >= 0.6 is 0 Å². The van der Waals surface area contributed by atoms with Gasteiger partial charge in [-0.2, -0.15) is 0 Å². The molecule has 3 nitrogen and oxygen atoms in total. The van der Waals surface area contributed by atoms with E-state index in [1.54, 1.807) is 0 Å². The fraction of sp³-hybridized carbons (Fsp3) is 0.0909. The molecule has 1 aromatic heterocycles. The summed E-state index contributed by atoms with van der Waals surface area (Å²) < 4.78 is 6.71. The lowest BCUT2D eigenvalue weighted by atomic mass is 9.33. The molecule has 7 aromatic carbocycles. The molecule has 4 heteroatoms. The predicted octanol–water partition coefficient (Wildman–Crippen LogP) is 10.1. The molecule has 0 spiro atoms. The van der Waals surface area contributed by atoms with Crippen molar-refractivity contribution in [2.45, 2.75) is 26.2 Å². The Morgan fingerprint density at radius 3 is 1.81 bits per heavy atom. The molecule has 0 bridgehead atoms. The van der Waals surface area contributed by atoms with Gasteiger partial charge in [0, 0.05) is 56.3 Å². The third-order valence-electron chi connectivity index (χ3n) is 10.4. The first-order valence-electron chi connectivity index (χ1n) is 16.8. The van der Waals surface area contributed by atoms with Crippen molar-refractivity contribution in [1.29, 1.82) is 0 Å². The molecule has 0 unspecified atom stereocenters. The van der Waals surface area contributed by atoms with Crippen LogP contribution in [0.3, 0.4) is 0 Å². The molecule has 8 aromatic rings. The van der Waals surface area contributed by atoms with Crippen LogP contribution in [-0.4, -0.2) is 6.71 Å². The van der Waals surface area contributed by atoms with Crippen LogP contribution in [0.1, 0.15) is 26.3 Å². The van der Waals surface area contributed by atoms with E-state index in [-0.39, 0.29) is 12.1 Å². The van der Waals surface area contributed by atoms with Gasteiger partial charge >= 0.3 is 0 Å². The van der Waals surface area contributed by atoms with Crippen LogP contribution in [0.25, 0.3) is 32.7 Å². The minimum atomic E-state index is -0.0628. The number of furan rings is 1. The van der Waals surface area contributed by atoms with Crippen molar-refractivity contribution in [2.75, 3.05) is 9.80 Å². The van der Waals surface area contributed by atoms with Crippen molar-refractivity contribution < 1.29 is 4.42 Å². The van der Waals surface area contributed by atoms with E-state index in [0.29, 0.717) is 0 Å². The lowest BCUT2D eigenvalue weighted by Crippen LogP contribution is -2.61. The van der Waals surface area contributed by atoms with Crippen molar-refractivity contribution in [2.24, 2.45) is 0 Å². The van der Waals surface area contributed by atoms with E-state index < -0.39 is 0 Å². The fourth-order valence-corrected chi connectivity index (χ4v) is 8.10. The minimum Gasteiger partial charge on any atom is -0.455 e. The summed E-state index contributed by atoms with van der Waals surface area (Å²) in [5.41, 5.74) is 14.2. The van der Waals surface area contributed by atoms with Crippen LogP contribution in [0.15, 0.2) is 150 Å². The molecule has 2 aliphatic heterocycles. The van der Waals surface area contributed by atoms with Crippen LogP contribution in [0, 0.1) is 0 Å². The summed E-state index contributed by atoms with van der Waals surface area (Å²) >= 11 is 0. The second-order valence-corrected chi connectivity index (χ2v) is 14.2. The molecule has 3 heterocycles. The van der Waals surface area contributed by atoms with Gasteiger partial charge < -0.3 is 14.2 Å². The Labute approximate surface area is 280 Å². The molecule has 228 valence electrons. The van der Waals surface area contributed by atoms with Gasteiger partial charge in [-0.25, -0.2) is 0 Å². The van der Waals surface area contributed by atoms with Crippen molar-refractivity contribution in [3.8, 4) is 0 Å². The lowest BCUT2D eigenvalue weighted by molar-refractivity contribution is 0.590. The lowest BCUT2D eigenvalue weighted by Gasteiger charge is -2.45. The van der Waals surface area contributed by atoms with Gasteiger partial charge in [0.2, 0.25) is 0 Å². The second-order valence-electron chi connectivity index (χ2n) is 14.2. The molecule has 48 heavy (non-hydrogen) atoms. The smallest absolute Gasteiger partial charge is 0.252 e. The highest BCUT2D eigenvalue weighted by molar-refractivity contribution is 7.00. The van der Waals surface area contributed by atoms with Gasteiger partial charge in [0.1, 0.15) is 11.2 Å². The van der Waals surface area contributed by atoms with Crippen molar-refractivity contribution >= 4 is 89.9 Å². The highest BCUT2D eigenvalue weighted by Gasteiger charge is 2.43. The highest BCUT2D eigenvalue weighted by atomic mass is 16.3. The quantitative estimate of drug-likeness (QED) is 0.180. The van der Waals surface area contributed by atoms with Gasteiger partial charge in [-0.05, 0) is 87.4 Å². The molecule has 0 saturated carbocycles. The molecule has 0 amide bonds. The SMILES string of the molecule is CC(C)(C)c1cc2c3c(c1)N(c1ccc4c(c1)oc1c5ccccc5ccc41)c1ccccc1B3c1ccccc1N2c1ccccc1. The van der Waals surface area contributed by atoms with E-state index in [9.17, 15) is 0 Å². The molecule has 0 fully saturated rings. The Kier molecular flexibility index (Phi) is 5.64. The number of rotatable bonds is 2. The molecule has 0 saturated heterocycles. The number of para-hydroxylation sites is 3. The zero-order valence-electron chi connectivity index (χ0n) is 27.2. The van der Waals surface area contributed by atoms with Crippen LogP contribution in [-0.2, 0) is 5.41 Å². The van der Waals surface area contributed by atoms with Crippen LogP contribution in [0.2, 0.25) is 0 Å². The van der Waals surface area contributed by atoms with Gasteiger partial charge in [-0.1, -0.05) is 106 Å². The first-order chi connectivity index (χ1) is 23.5. The third kappa shape index (κ3) is 3.83. The summed E-state index contributed by atoms with van der Waals surface area (Å²) in [7, 11) is 0. The fourth-order valence-electron chi connectivity index (χ4n) is 8.10. The average molecular weight is 617 g/mol. The van der Waals surface area contributed by atoms with Gasteiger partial charge in [0.25, 0.3) is 6.71 Å². The Morgan fingerprint density at radius 1 is 0.500 bits per heavy atom. The van der Waals surface area contributed by atoms with Gasteiger partial charge in [0.05, 0.1) is 0 Å². The summed E-state index contributed by atoms with van der Waals surface area (Å²) in [6.45, 7) is 7.05. The number of hydrogen-bond acceptors (Lipinski definition) is 3. The Morgan fingerprint density at radius 2 is 1.10 bits per heavy atom. The van der Waals surface area contributed by atoms with Gasteiger partial charge in [0.15, 0.2) is 0 Å². The van der Waals surface area contributed by atoms with E-state index >= 15 is 0 Å². The molecular weight excluding hydrogens is 583 g/mol.